The molecule has 43 heavy (non-hydrogen) atoms. The molecule has 10 nitrogen and oxygen atoms in total. The number of alkyl carbamates (subject to hydrolysis) is 1. The topological polar surface area (TPSA) is 128 Å². The molecule has 1 heterocycles. The van der Waals surface area contributed by atoms with E-state index < -0.39 is 29.9 Å². The summed E-state index contributed by atoms with van der Waals surface area (Å²) >= 11 is 0. The van der Waals surface area contributed by atoms with Crippen molar-refractivity contribution in [1.29, 1.82) is 0 Å². The number of para-hydroxylation sites is 2. The number of carbonyl (C=O) groups is 4. The van der Waals surface area contributed by atoms with Gasteiger partial charge in [-0.1, -0.05) is 66.7 Å². The van der Waals surface area contributed by atoms with E-state index in [4.69, 9.17) is 4.74 Å². The molecule has 3 aromatic carbocycles. The van der Waals surface area contributed by atoms with Gasteiger partial charge in [0.05, 0.1) is 7.11 Å². The van der Waals surface area contributed by atoms with Crippen molar-refractivity contribution in [3.8, 4) is 0 Å². The third-order valence-electron chi connectivity index (χ3n) is 6.78. The van der Waals surface area contributed by atoms with E-state index in [1.165, 1.54) is 19.3 Å². The molecule has 222 valence electrons. The van der Waals surface area contributed by atoms with E-state index in [1.54, 1.807) is 41.9 Å². The summed E-state index contributed by atoms with van der Waals surface area (Å²) in [6.45, 7) is 0.377. The molecule has 0 fully saturated rings. The number of nitrogens with zero attached hydrogens (tertiary/aromatic N) is 1. The Labute approximate surface area is 249 Å². The zero-order valence-electron chi connectivity index (χ0n) is 24.0. The normalized spacial score (nSPS) is 11.6. The average Bonchev–Trinajstić information content (AvgIpc) is 3.37. The SMILES string of the molecule is COC(=O)/C=C/c1ccccc1NC(=O)[C@H](CCCNC(=O)OCc1ccccc1)NC(=O)c1cc2ccccc2n1C. The quantitative estimate of drug-likeness (QED) is 0.125. The fourth-order valence-corrected chi connectivity index (χ4v) is 4.48. The number of benzene rings is 3. The molecule has 0 bridgehead atoms. The minimum absolute atomic E-state index is 0.141. The molecule has 0 aliphatic heterocycles. The molecule has 10 heteroatoms. The number of aryl methyl sites for hydroxylation is 1. The molecular weight excluding hydrogens is 548 g/mol. The predicted molar refractivity (Wildman–Crippen MR) is 164 cm³/mol. The number of anilines is 1. The average molecular weight is 583 g/mol. The summed E-state index contributed by atoms with van der Waals surface area (Å²) < 4.78 is 11.7. The Morgan fingerprint density at radius 3 is 2.42 bits per heavy atom. The summed E-state index contributed by atoms with van der Waals surface area (Å²) in [4.78, 5) is 50.7. The van der Waals surface area contributed by atoms with Crippen LogP contribution >= 0.6 is 0 Å². The van der Waals surface area contributed by atoms with E-state index in [1.807, 2.05) is 54.6 Å². The number of methoxy groups -OCH3 is 1. The Hall–Kier alpha value is -5.38. The number of ether oxygens (including phenoxy) is 2. The predicted octanol–water partition coefficient (Wildman–Crippen LogP) is 4.81. The highest BCUT2D eigenvalue weighted by Gasteiger charge is 2.24. The van der Waals surface area contributed by atoms with E-state index in [0.29, 0.717) is 23.4 Å². The van der Waals surface area contributed by atoms with Gasteiger partial charge in [0.25, 0.3) is 5.91 Å². The highest BCUT2D eigenvalue weighted by Crippen LogP contribution is 2.20. The number of hydrogen-bond donors (Lipinski definition) is 3. The van der Waals surface area contributed by atoms with Gasteiger partial charge in [0.2, 0.25) is 5.91 Å². The molecule has 0 saturated heterocycles. The number of amides is 3. The van der Waals surface area contributed by atoms with Crippen molar-refractivity contribution >= 4 is 46.5 Å². The van der Waals surface area contributed by atoms with Gasteiger partial charge >= 0.3 is 12.1 Å². The summed E-state index contributed by atoms with van der Waals surface area (Å²) in [5, 5.41) is 9.32. The second-order valence-electron chi connectivity index (χ2n) is 9.74. The van der Waals surface area contributed by atoms with E-state index >= 15 is 0 Å². The second kappa shape index (κ2) is 15.0. The van der Waals surface area contributed by atoms with E-state index in [0.717, 1.165) is 16.5 Å². The monoisotopic (exact) mass is 582 g/mol. The molecule has 1 aromatic heterocycles. The van der Waals surface area contributed by atoms with Gasteiger partial charge in [0, 0.05) is 36.3 Å². The van der Waals surface area contributed by atoms with E-state index in [2.05, 4.69) is 20.7 Å². The lowest BCUT2D eigenvalue weighted by Crippen LogP contribution is -2.44. The summed E-state index contributed by atoms with van der Waals surface area (Å²) in [5.74, 6) is -1.39. The van der Waals surface area contributed by atoms with Gasteiger partial charge in [0.15, 0.2) is 0 Å². The summed E-state index contributed by atoms with van der Waals surface area (Å²) in [6.07, 6.45) is 2.84. The number of hydrogen-bond acceptors (Lipinski definition) is 6. The standard InChI is InChI=1S/C33H34N4O6/c1-37-28-17-9-7-14-25(28)21-29(37)32(40)36-27(16-10-20-34-33(41)43-22-23-11-4-3-5-12-23)31(39)35-26-15-8-6-13-24(26)18-19-30(38)42-2/h3-9,11-15,17-19,21,27H,10,16,20,22H2,1-2H3,(H,34,41)(H,35,39)(H,36,40)/b19-18+/t27-/m0/s1. The van der Waals surface area contributed by atoms with Crippen LogP contribution < -0.4 is 16.0 Å². The van der Waals surface area contributed by atoms with Crippen LogP contribution in [0.4, 0.5) is 10.5 Å². The van der Waals surface area contributed by atoms with Crippen LogP contribution in [-0.2, 0) is 32.7 Å². The summed E-state index contributed by atoms with van der Waals surface area (Å²) in [7, 11) is 3.07. The molecule has 0 aliphatic rings. The van der Waals surface area contributed by atoms with Gasteiger partial charge in [-0.05, 0) is 48.2 Å². The zero-order valence-corrected chi connectivity index (χ0v) is 24.0. The van der Waals surface area contributed by atoms with Crippen molar-refractivity contribution in [3.05, 3.63) is 108 Å². The lowest BCUT2D eigenvalue weighted by molar-refractivity contribution is -0.134. The molecule has 3 N–H and O–H groups in total. The molecule has 0 saturated carbocycles. The highest BCUT2D eigenvalue weighted by atomic mass is 16.5. The molecule has 0 unspecified atom stereocenters. The largest absolute Gasteiger partial charge is 0.466 e. The van der Waals surface area contributed by atoms with Crippen LogP contribution in [0.3, 0.4) is 0 Å². The van der Waals surface area contributed by atoms with Crippen molar-refractivity contribution in [2.75, 3.05) is 19.0 Å². The third kappa shape index (κ3) is 8.56. The molecule has 0 spiro atoms. The van der Waals surface area contributed by atoms with Crippen molar-refractivity contribution in [2.24, 2.45) is 7.05 Å². The van der Waals surface area contributed by atoms with Gasteiger partial charge in [-0.3, -0.25) is 9.59 Å². The van der Waals surface area contributed by atoms with Crippen molar-refractivity contribution < 1.29 is 28.7 Å². The summed E-state index contributed by atoms with van der Waals surface area (Å²) in [5.41, 5.74) is 3.20. The molecule has 0 radical (unpaired) electrons. The van der Waals surface area contributed by atoms with Crippen LogP contribution in [0.1, 0.15) is 34.5 Å². The molecular formula is C33H34N4O6. The number of carbonyl (C=O) groups excluding carboxylic acids is 4. The zero-order chi connectivity index (χ0) is 30.6. The van der Waals surface area contributed by atoms with Crippen LogP contribution in [0.2, 0.25) is 0 Å². The fourth-order valence-electron chi connectivity index (χ4n) is 4.48. The number of esters is 1. The van der Waals surface area contributed by atoms with Gasteiger partial charge in [-0.25, -0.2) is 9.59 Å². The Balaban J connectivity index is 1.43. The summed E-state index contributed by atoms with van der Waals surface area (Å²) in [6, 6.07) is 24.7. The highest BCUT2D eigenvalue weighted by molar-refractivity contribution is 6.03. The van der Waals surface area contributed by atoms with E-state index in [-0.39, 0.29) is 19.6 Å². The Kier molecular flexibility index (Phi) is 10.7. The van der Waals surface area contributed by atoms with Crippen LogP contribution in [0.5, 0.6) is 0 Å². The number of nitrogens with one attached hydrogen (secondary N) is 3. The molecule has 1 atom stereocenters. The van der Waals surface area contributed by atoms with Crippen LogP contribution in [0.15, 0.2) is 91.0 Å². The molecule has 4 rings (SSSR count). The first-order valence-electron chi connectivity index (χ1n) is 13.8. The first kappa shape index (κ1) is 30.6. The van der Waals surface area contributed by atoms with Crippen molar-refractivity contribution in [3.63, 3.8) is 0 Å². The van der Waals surface area contributed by atoms with Crippen LogP contribution in [0, 0.1) is 0 Å². The van der Waals surface area contributed by atoms with Crippen molar-refractivity contribution in [2.45, 2.75) is 25.5 Å². The minimum Gasteiger partial charge on any atom is -0.466 e. The Bertz CT molecular complexity index is 1610. The van der Waals surface area contributed by atoms with Gasteiger partial charge < -0.3 is 30.0 Å². The number of fused-ring (bicyclic) bond motifs is 1. The maximum Gasteiger partial charge on any atom is 0.407 e. The Morgan fingerprint density at radius 1 is 0.930 bits per heavy atom. The van der Waals surface area contributed by atoms with E-state index in [9.17, 15) is 19.2 Å². The van der Waals surface area contributed by atoms with Gasteiger partial charge in [0.1, 0.15) is 18.3 Å². The molecule has 0 aliphatic carbocycles. The minimum atomic E-state index is -0.926. The van der Waals surface area contributed by atoms with Gasteiger partial charge in [-0.2, -0.15) is 0 Å². The van der Waals surface area contributed by atoms with Crippen LogP contribution in [-0.4, -0.2) is 48.1 Å². The number of rotatable bonds is 12. The fraction of sp³-hybridized carbons (Fsp3) is 0.212. The number of aromatic nitrogens is 1. The van der Waals surface area contributed by atoms with Crippen LogP contribution in [0.25, 0.3) is 17.0 Å². The lowest BCUT2D eigenvalue weighted by atomic mass is 10.1. The lowest BCUT2D eigenvalue weighted by Gasteiger charge is -2.20. The maximum atomic E-state index is 13.5. The third-order valence-corrected chi connectivity index (χ3v) is 6.78. The van der Waals surface area contributed by atoms with Gasteiger partial charge in [-0.15, -0.1) is 0 Å². The first-order valence-corrected chi connectivity index (χ1v) is 13.8. The molecule has 3 amide bonds. The molecule has 4 aromatic rings. The second-order valence-corrected chi connectivity index (χ2v) is 9.74. The van der Waals surface area contributed by atoms with Crippen molar-refractivity contribution in [1.82, 2.24) is 15.2 Å². The smallest absolute Gasteiger partial charge is 0.407 e. The maximum absolute atomic E-state index is 13.5. The first-order chi connectivity index (χ1) is 20.9. The Morgan fingerprint density at radius 2 is 1.65 bits per heavy atom.